The maximum atomic E-state index is 12.7. The fourth-order valence-corrected chi connectivity index (χ4v) is 4.47. The molecule has 0 fully saturated rings. The highest BCUT2D eigenvalue weighted by molar-refractivity contribution is 6.21. The van der Waals surface area contributed by atoms with Gasteiger partial charge in [-0.05, 0) is 35.8 Å². The zero-order chi connectivity index (χ0) is 16.9. The van der Waals surface area contributed by atoms with Crippen LogP contribution in [0.5, 0.6) is 0 Å². The van der Waals surface area contributed by atoms with E-state index in [1.807, 2.05) is 19.1 Å². The highest BCUT2D eigenvalue weighted by Crippen LogP contribution is 2.44. The molecule has 0 saturated carbocycles. The second kappa shape index (κ2) is 5.22. The molecule has 1 aromatic carbocycles. The summed E-state index contributed by atoms with van der Waals surface area (Å²) in [5.74, 6) is -0.125. The maximum Gasteiger partial charge on any atom is 0.261 e. The summed E-state index contributed by atoms with van der Waals surface area (Å²) in [6, 6.07) is 6.95. The van der Waals surface area contributed by atoms with Gasteiger partial charge < -0.3 is 0 Å². The molecule has 0 aromatic heterocycles. The zero-order valence-corrected chi connectivity index (χ0v) is 14.7. The molecule has 3 nitrogen and oxygen atoms in total. The number of rotatable bonds is 2. The Morgan fingerprint density at radius 1 is 0.818 bits per heavy atom. The molecule has 1 aliphatic rings. The van der Waals surface area contributed by atoms with Crippen molar-refractivity contribution < 1.29 is 9.59 Å². The van der Waals surface area contributed by atoms with Gasteiger partial charge in [0.1, 0.15) is 0 Å². The van der Waals surface area contributed by atoms with Crippen molar-refractivity contribution in [2.45, 2.75) is 54.5 Å². The van der Waals surface area contributed by atoms with E-state index in [0.717, 1.165) is 0 Å². The van der Waals surface area contributed by atoms with Gasteiger partial charge in [-0.3, -0.25) is 14.5 Å². The van der Waals surface area contributed by atoms with Crippen LogP contribution in [-0.2, 0) is 0 Å². The third kappa shape index (κ3) is 2.69. The summed E-state index contributed by atoms with van der Waals surface area (Å²) in [6.07, 6.45) is 0. The van der Waals surface area contributed by atoms with Crippen molar-refractivity contribution in [2.75, 3.05) is 0 Å². The molecule has 2 rings (SSSR count). The predicted octanol–water partition coefficient (Wildman–Crippen LogP) is 4.38. The van der Waals surface area contributed by atoms with Crippen LogP contribution in [0.2, 0.25) is 0 Å². The van der Waals surface area contributed by atoms with Crippen molar-refractivity contribution in [1.82, 2.24) is 4.90 Å². The van der Waals surface area contributed by atoms with Gasteiger partial charge >= 0.3 is 0 Å². The van der Waals surface area contributed by atoms with E-state index in [9.17, 15) is 9.59 Å². The van der Waals surface area contributed by atoms with Gasteiger partial charge in [-0.25, -0.2) is 0 Å². The molecule has 1 atom stereocenters. The van der Waals surface area contributed by atoms with Gasteiger partial charge in [-0.1, -0.05) is 53.7 Å². The first kappa shape index (κ1) is 16.7. The van der Waals surface area contributed by atoms with Crippen molar-refractivity contribution in [3.8, 4) is 0 Å². The number of carbonyl (C=O) groups excluding carboxylic acids is 2. The van der Waals surface area contributed by atoms with Crippen LogP contribution in [0.3, 0.4) is 0 Å². The van der Waals surface area contributed by atoms with Gasteiger partial charge in [0.2, 0.25) is 0 Å². The number of hydrogen-bond acceptors (Lipinski definition) is 2. The Labute approximate surface area is 133 Å². The SMILES string of the molecule is CC(C(C(C)(C)C)C(C)(C)C)N1C(=O)c2ccccc2C1=O. The molecule has 0 spiro atoms. The molecule has 3 heteroatoms. The lowest BCUT2D eigenvalue weighted by Gasteiger charge is -2.46. The molecule has 22 heavy (non-hydrogen) atoms. The molecule has 1 aromatic rings. The number of carbonyl (C=O) groups is 2. The second-order valence-corrected chi connectivity index (χ2v) is 8.48. The molecule has 2 amide bonds. The van der Waals surface area contributed by atoms with Crippen molar-refractivity contribution in [1.29, 1.82) is 0 Å². The summed E-state index contributed by atoms with van der Waals surface area (Å²) in [4.78, 5) is 26.9. The number of amides is 2. The Kier molecular flexibility index (Phi) is 3.97. The molecule has 0 bridgehead atoms. The minimum Gasteiger partial charge on any atom is -0.271 e. The molecular formula is C19H27NO2. The van der Waals surface area contributed by atoms with Crippen LogP contribution in [0, 0.1) is 16.7 Å². The number of fused-ring (bicyclic) bond motifs is 1. The van der Waals surface area contributed by atoms with E-state index in [2.05, 4.69) is 41.5 Å². The summed E-state index contributed by atoms with van der Waals surface area (Å²) in [5.41, 5.74) is 1.04. The highest BCUT2D eigenvalue weighted by atomic mass is 16.2. The van der Waals surface area contributed by atoms with Gasteiger partial charge in [-0.2, -0.15) is 0 Å². The summed E-state index contributed by atoms with van der Waals surface area (Å²) in [5, 5.41) is 0. The van der Waals surface area contributed by atoms with E-state index >= 15 is 0 Å². The van der Waals surface area contributed by atoms with E-state index in [0.29, 0.717) is 11.1 Å². The molecule has 1 aliphatic heterocycles. The Morgan fingerprint density at radius 3 is 1.50 bits per heavy atom. The van der Waals surface area contributed by atoms with Gasteiger partial charge in [0.05, 0.1) is 11.1 Å². The summed E-state index contributed by atoms with van der Waals surface area (Å²) in [6.45, 7) is 15.1. The van der Waals surface area contributed by atoms with Crippen LogP contribution < -0.4 is 0 Å². The van der Waals surface area contributed by atoms with Gasteiger partial charge in [-0.15, -0.1) is 0 Å². The van der Waals surface area contributed by atoms with Crippen LogP contribution in [-0.4, -0.2) is 22.8 Å². The molecule has 0 N–H and O–H groups in total. The zero-order valence-electron chi connectivity index (χ0n) is 14.7. The van der Waals surface area contributed by atoms with Crippen LogP contribution in [0.1, 0.15) is 69.2 Å². The average molecular weight is 301 g/mol. The standard InChI is InChI=1S/C19H27NO2/c1-12(15(18(2,3)4)19(5,6)7)20-16(21)13-10-8-9-11-14(13)17(20)22/h8-12,15H,1-7H3. The van der Waals surface area contributed by atoms with Crippen LogP contribution in [0.15, 0.2) is 24.3 Å². The minimum absolute atomic E-state index is 0.00694. The highest BCUT2D eigenvalue weighted by Gasteiger charge is 2.47. The van der Waals surface area contributed by atoms with Crippen molar-refractivity contribution in [3.05, 3.63) is 35.4 Å². The molecule has 120 valence electrons. The number of nitrogens with zero attached hydrogens (tertiary/aromatic N) is 1. The smallest absolute Gasteiger partial charge is 0.261 e. The van der Waals surface area contributed by atoms with E-state index < -0.39 is 0 Å². The molecule has 1 unspecified atom stereocenters. The largest absolute Gasteiger partial charge is 0.271 e. The quantitative estimate of drug-likeness (QED) is 0.760. The predicted molar refractivity (Wildman–Crippen MR) is 88.8 cm³/mol. The fraction of sp³-hybridized carbons (Fsp3) is 0.579. The first-order valence-electron chi connectivity index (χ1n) is 7.93. The number of benzene rings is 1. The third-order valence-electron chi connectivity index (χ3n) is 4.58. The number of hydrogen-bond donors (Lipinski definition) is 0. The summed E-state index contributed by atoms with van der Waals surface area (Å²) < 4.78 is 0. The van der Waals surface area contributed by atoms with E-state index in [-0.39, 0.29) is 34.6 Å². The number of imide groups is 1. The second-order valence-electron chi connectivity index (χ2n) is 8.48. The Morgan fingerprint density at radius 2 is 1.18 bits per heavy atom. The first-order valence-corrected chi connectivity index (χ1v) is 7.93. The summed E-state index contributed by atoms with van der Waals surface area (Å²) in [7, 11) is 0. The van der Waals surface area contributed by atoms with Crippen molar-refractivity contribution in [2.24, 2.45) is 16.7 Å². The molecular weight excluding hydrogens is 274 g/mol. The third-order valence-corrected chi connectivity index (χ3v) is 4.58. The molecule has 0 aliphatic carbocycles. The lowest BCUT2D eigenvalue weighted by molar-refractivity contribution is 0.0153. The van der Waals surface area contributed by atoms with Gasteiger partial charge in [0.15, 0.2) is 0 Å². The average Bonchev–Trinajstić information content (AvgIpc) is 2.59. The normalized spacial score (nSPS) is 17.2. The molecule has 0 saturated heterocycles. The van der Waals surface area contributed by atoms with Crippen LogP contribution in [0.25, 0.3) is 0 Å². The van der Waals surface area contributed by atoms with Crippen molar-refractivity contribution in [3.63, 3.8) is 0 Å². The lowest BCUT2D eigenvalue weighted by Crippen LogP contribution is -2.50. The van der Waals surface area contributed by atoms with E-state index in [1.54, 1.807) is 12.1 Å². The van der Waals surface area contributed by atoms with E-state index in [1.165, 1.54) is 4.90 Å². The lowest BCUT2D eigenvalue weighted by atomic mass is 9.63. The Balaban J connectivity index is 2.44. The fourth-order valence-electron chi connectivity index (χ4n) is 4.47. The molecule has 1 heterocycles. The topological polar surface area (TPSA) is 37.4 Å². The van der Waals surface area contributed by atoms with Gasteiger partial charge in [0.25, 0.3) is 11.8 Å². The first-order chi connectivity index (χ1) is 9.96. The Bertz CT molecular complexity index is 556. The maximum absolute atomic E-state index is 12.7. The van der Waals surface area contributed by atoms with Crippen LogP contribution in [0.4, 0.5) is 0 Å². The van der Waals surface area contributed by atoms with Gasteiger partial charge in [0, 0.05) is 6.04 Å². The minimum atomic E-state index is -0.161. The monoisotopic (exact) mass is 301 g/mol. The van der Waals surface area contributed by atoms with Crippen LogP contribution >= 0.6 is 0 Å². The van der Waals surface area contributed by atoms with Crippen molar-refractivity contribution >= 4 is 11.8 Å². The summed E-state index contributed by atoms with van der Waals surface area (Å²) >= 11 is 0. The Hall–Kier alpha value is -1.64. The van der Waals surface area contributed by atoms with E-state index in [4.69, 9.17) is 0 Å². The molecule has 0 radical (unpaired) electrons.